The Bertz CT molecular complexity index is 422. The molecule has 1 aliphatic heterocycles. The van der Waals surface area contributed by atoms with Gasteiger partial charge in [0.15, 0.2) is 0 Å². The Hall–Kier alpha value is -0.990. The summed E-state index contributed by atoms with van der Waals surface area (Å²) in [7, 11) is 0. The van der Waals surface area contributed by atoms with E-state index in [2.05, 4.69) is 11.4 Å². The van der Waals surface area contributed by atoms with E-state index in [1.807, 2.05) is 35.7 Å². The number of anilines is 2. The molecule has 0 aliphatic carbocycles. The summed E-state index contributed by atoms with van der Waals surface area (Å²) < 4.78 is 0. The number of nitrogens with zero attached hydrogens (tertiary/aromatic N) is 1. The van der Waals surface area contributed by atoms with Gasteiger partial charge in [-0.25, -0.2) is 0 Å². The van der Waals surface area contributed by atoms with Gasteiger partial charge in [-0.2, -0.15) is 28.8 Å². The van der Waals surface area contributed by atoms with Gasteiger partial charge in [0.1, 0.15) is 6.07 Å². The Labute approximate surface area is 110 Å². The lowest BCUT2D eigenvalue weighted by atomic mass is 10.2. The van der Waals surface area contributed by atoms with Crippen LogP contribution >= 0.6 is 23.5 Å². The van der Waals surface area contributed by atoms with E-state index in [4.69, 9.17) is 11.0 Å². The van der Waals surface area contributed by atoms with Crippen molar-refractivity contribution in [2.75, 3.05) is 34.9 Å². The van der Waals surface area contributed by atoms with Gasteiger partial charge in [0.2, 0.25) is 0 Å². The lowest BCUT2D eigenvalue weighted by Crippen LogP contribution is -2.23. The maximum atomic E-state index is 8.79. The smallest absolute Gasteiger partial charge is 0.101 e. The van der Waals surface area contributed by atoms with Crippen LogP contribution in [0.2, 0.25) is 0 Å². The van der Waals surface area contributed by atoms with Gasteiger partial charge >= 0.3 is 0 Å². The van der Waals surface area contributed by atoms with Crippen molar-refractivity contribution in [1.29, 1.82) is 5.26 Å². The fraction of sp³-hybridized carbons (Fsp3) is 0.417. The summed E-state index contributed by atoms with van der Waals surface area (Å²) in [6.07, 6.45) is 0. The number of nitrogens with one attached hydrogen (secondary N) is 1. The van der Waals surface area contributed by atoms with Crippen LogP contribution in [0.25, 0.3) is 0 Å². The highest BCUT2D eigenvalue weighted by Gasteiger charge is 2.13. The minimum absolute atomic E-state index is 0.540. The van der Waals surface area contributed by atoms with Gasteiger partial charge in [-0.1, -0.05) is 0 Å². The van der Waals surface area contributed by atoms with Gasteiger partial charge in [0.05, 0.1) is 11.3 Å². The lowest BCUT2D eigenvalue weighted by Gasteiger charge is -2.21. The average Bonchev–Trinajstić information content (AvgIpc) is 2.38. The number of nitrogen functional groups attached to an aromatic ring is 1. The van der Waals surface area contributed by atoms with E-state index in [0.717, 1.165) is 12.2 Å². The molecule has 0 amide bonds. The second kappa shape index (κ2) is 6.08. The van der Waals surface area contributed by atoms with Gasteiger partial charge in [-0.05, 0) is 18.2 Å². The molecule has 1 atom stereocenters. The number of hydrogen-bond acceptors (Lipinski definition) is 5. The summed E-state index contributed by atoms with van der Waals surface area (Å²) in [4.78, 5) is 0. The van der Waals surface area contributed by atoms with Crippen LogP contribution in [0, 0.1) is 11.3 Å². The third-order valence-electron chi connectivity index (χ3n) is 2.59. The summed E-state index contributed by atoms with van der Waals surface area (Å²) in [5.41, 5.74) is 7.85. The molecule has 0 saturated carbocycles. The molecule has 1 fully saturated rings. The third-order valence-corrected chi connectivity index (χ3v) is 5.44. The van der Waals surface area contributed by atoms with Gasteiger partial charge in [-0.3, -0.25) is 0 Å². The molecule has 3 N–H and O–H groups in total. The Morgan fingerprint density at radius 1 is 1.47 bits per heavy atom. The summed E-state index contributed by atoms with van der Waals surface area (Å²) >= 11 is 4.05. The van der Waals surface area contributed by atoms with Crippen LogP contribution in [0.15, 0.2) is 18.2 Å². The standard InChI is InChI=1S/C12H15N3S2/c13-6-9-1-2-10(5-12(9)14)15-7-11-8-16-3-4-17-11/h1-2,5,11,15H,3-4,7-8,14H2. The first-order valence-corrected chi connectivity index (χ1v) is 7.73. The van der Waals surface area contributed by atoms with Crippen LogP contribution in [0.4, 0.5) is 11.4 Å². The van der Waals surface area contributed by atoms with E-state index in [1.165, 1.54) is 17.3 Å². The van der Waals surface area contributed by atoms with Crippen molar-refractivity contribution >= 4 is 34.9 Å². The molecule has 90 valence electrons. The topological polar surface area (TPSA) is 61.8 Å². The van der Waals surface area contributed by atoms with Gasteiger partial charge < -0.3 is 11.1 Å². The molecule has 2 rings (SSSR count). The minimum Gasteiger partial charge on any atom is -0.398 e. The molecule has 1 aromatic carbocycles. The van der Waals surface area contributed by atoms with Crippen molar-refractivity contribution in [1.82, 2.24) is 0 Å². The van der Waals surface area contributed by atoms with E-state index in [1.54, 1.807) is 6.07 Å². The van der Waals surface area contributed by atoms with Crippen molar-refractivity contribution in [2.24, 2.45) is 0 Å². The molecule has 1 aliphatic rings. The molecule has 0 aromatic heterocycles. The molecule has 0 radical (unpaired) electrons. The highest BCUT2D eigenvalue weighted by Crippen LogP contribution is 2.25. The molecular weight excluding hydrogens is 250 g/mol. The van der Waals surface area contributed by atoms with E-state index in [-0.39, 0.29) is 0 Å². The van der Waals surface area contributed by atoms with Gasteiger partial charge in [0.25, 0.3) is 0 Å². The van der Waals surface area contributed by atoms with E-state index < -0.39 is 0 Å². The maximum absolute atomic E-state index is 8.79. The summed E-state index contributed by atoms with van der Waals surface area (Å²) in [6, 6.07) is 7.58. The SMILES string of the molecule is N#Cc1ccc(NCC2CSCCS2)cc1N. The number of nitriles is 1. The second-order valence-corrected chi connectivity index (χ2v) is 6.42. The highest BCUT2D eigenvalue weighted by atomic mass is 32.2. The summed E-state index contributed by atoms with van der Waals surface area (Å²) in [6.45, 7) is 0.961. The maximum Gasteiger partial charge on any atom is 0.101 e. The molecule has 1 aromatic rings. The number of hydrogen-bond donors (Lipinski definition) is 2. The van der Waals surface area contributed by atoms with Crippen molar-refractivity contribution < 1.29 is 0 Å². The van der Waals surface area contributed by atoms with Crippen molar-refractivity contribution in [3.63, 3.8) is 0 Å². The van der Waals surface area contributed by atoms with Crippen molar-refractivity contribution in [3.8, 4) is 6.07 Å². The minimum atomic E-state index is 0.540. The zero-order valence-corrected chi connectivity index (χ0v) is 11.1. The number of nitrogens with two attached hydrogens (primary N) is 1. The number of rotatable bonds is 3. The monoisotopic (exact) mass is 265 g/mol. The van der Waals surface area contributed by atoms with Crippen molar-refractivity contribution in [2.45, 2.75) is 5.25 Å². The quantitative estimate of drug-likeness (QED) is 0.822. The van der Waals surface area contributed by atoms with Crippen LogP contribution in [-0.4, -0.2) is 29.1 Å². The normalized spacial score (nSPS) is 19.6. The predicted octanol–water partition coefficient (Wildman–Crippen LogP) is 2.40. The van der Waals surface area contributed by atoms with Crippen LogP contribution in [0.5, 0.6) is 0 Å². The average molecular weight is 265 g/mol. The Balaban J connectivity index is 1.90. The molecule has 0 spiro atoms. The molecule has 5 heteroatoms. The first-order valence-electron chi connectivity index (χ1n) is 5.52. The predicted molar refractivity (Wildman–Crippen MR) is 77.6 cm³/mol. The molecule has 1 unspecified atom stereocenters. The molecule has 17 heavy (non-hydrogen) atoms. The molecule has 1 heterocycles. The fourth-order valence-corrected chi connectivity index (χ4v) is 4.27. The number of thioether (sulfide) groups is 2. The lowest BCUT2D eigenvalue weighted by molar-refractivity contribution is 1.00. The van der Waals surface area contributed by atoms with Gasteiger partial charge in [0, 0.05) is 34.7 Å². The zero-order valence-electron chi connectivity index (χ0n) is 9.48. The summed E-state index contributed by atoms with van der Waals surface area (Å²) in [5.74, 6) is 3.72. The van der Waals surface area contributed by atoms with E-state index >= 15 is 0 Å². The molecule has 3 nitrogen and oxygen atoms in total. The van der Waals surface area contributed by atoms with Crippen LogP contribution in [-0.2, 0) is 0 Å². The molecular formula is C12H15N3S2. The summed E-state index contributed by atoms with van der Waals surface area (Å²) in [5, 5.41) is 12.8. The molecule has 1 saturated heterocycles. The number of benzene rings is 1. The second-order valence-electron chi connectivity index (χ2n) is 3.86. The van der Waals surface area contributed by atoms with E-state index in [0.29, 0.717) is 16.5 Å². The van der Waals surface area contributed by atoms with E-state index in [9.17, 15) is 0 Å². The highest BCUT2D eigenvalue weighted by molar-refractivity contribution is 8.06. The van der Waals surface area contributed by atoms with Crippen molar-refractivity contribution in [3.05, 3.63) is 23.8 Å². The van der Waals surface area contributed by atoms with Crippen LogP contribution in [0.3, 0.4) is 0 Å². The first-order chi connectivity index (χ1) is 8.29. The Kier molecular flexibility index (Phi) is 4.46. The molecule has 0 bridgehead atoms. The largest absolute Gasteiger partial charge is 0.398 e. The van der Waals surface area contributed by atoms with Crippen LogP contribution in [0.1, 0.15) is 5.56 Å². The first kappa shape index (κ1) is 12.5. The van der Waals surface area contributed by atoms with Crippen LogP contribution < -0.4 is 11.1 Å². The third kappa shape index (κ3) is 3.48. The fourth-order valence-electron chi connectivity index (χ4n) is 1.66. The Morgan fingerprint density at radius 3 is 3.00 bits per heavy atom. The van der Waals surface area contributed by atoms with Gasteiger partial charge in [-0.15, -0.1) is 0 Å². The zero-order chi connectivity index (χ0) is 12.1. The Morgan fingerprint density at radius 2 is 2.35 bits per heavy atom.